The van der Waals surface area contributed by atoms with Crippen LogP contribution in [0.4, 0.5) is 5.69 Å². The van der Waals surface area contributed by atoms with Gasteiger partial charge in [0.1, 0.15) is 0 Å². The smallest absolute Gasteiger partial charge is 0.188 e. The summed E-state index contributed by atoms with van der Waals surface area (Å²) in [6, 6.07) is 19.7. The fourth-order valence-electron chi connectivity index (χ4n) is 1.56. The fraction of sp³-hybridized carbons (Fsp3) is 0.0714. The fourth-order valence-corrected chi connectivity index (χ4v) is 1.74. The molecule has 2 rings (SSSR count). The van der Waals surface area contributed by atoms with Crippen molar-refractivity contribution in [3.63, 3.8) is 0 Å². The summed E-state index contributed by atoms with van der Waals surface area (Å²) in [6.45, 7) is 0.667. The van der Waals surface area contributed by atoms with Gasteiger partial charge in [0, 0.05) is 6.54 Å². The number of thiocarbonyl (C=S) groups is 1. The SMILES string of the molecule is NN(C(=S)NCc1ccccc1)c1ccccc1. The van der Waals surface area contributed by atoms with E-state index in [0.717, 1.165) is 5.69 Å². The van der Waals surface area contributed by atoms with Crippen LogP contribution in [0.15, 0.2) is 60.7 Å². The van der Waals surface area contributed by atoms with Crippen LogP contribution in [0.5, 0.6) is 0 Å². The monoisotopic (exact) mass is 257 g/mol. The Balaban J connectivity index is 1.93. The number of hydrogen-bond acceptors (Lipinski definition) is 2. The van der Waals surface area contributed by atoms with E-state index in [0.29, 0.717) is 11.7 Å². The molecular weight excluding hydrogens is 242 g/mol. The Labute approximate surface area is 112 Å². The van der Waals surface area contributed by atoms with E-state index in [9.17, 15) is 0 Å². The van der Waals surface area contributed by atoms with Gasteiger partial charge in [-0.2, -0.15) is 0 Å². The number of nitrogens with one attached hydrogen (secondary N) is 1. The topological polar surface area (TPSA) is 41.3 Å². The number of benzene rings is 2. The van der Waals surface area contributed by atoms with Crippen LogP contribution < -0.4 is 16.2 Å². The number of nitrogens with two attached hydrogens (primary N) is 1. The lowest BCUT2D eigenvalue weighted by Gasteiger charge is -2.20. The van der Waals surface area contributed by atoms with E-state index in [4.69, 9.17) is 18.1 Å². The lowest BCUT2D eigenvalue weighted by molar-refractivity contribution is 0.896. The molecule has 0 amide bonds. The molecule has 3 N–H and O–H groups in total. The summed E-state index contributed by atoms with van der Waals surface area (Å²) < 4.78 is 0. The Hall–Kier alpha value is -1.91. The molecule has 0 radical (unpaired) electrons. The predicted octanol–water partition coefficient (Wildman–Crippen LogP) is 2.44. The van der Waals surface area contributed by atoms with Crippen molar-refractivity contribution in [2.24, 2.45) is 5.84 Å². The van der Waals surface area contributed by atoms with E-state index >= 15 is 0 Å². The molecule has 4 heteroatoms. The maximum Gasteiger partial charge on any atom is 0.188 e. The highest BCUT2D eigenvalue weighted by molar-refractivity contribution is 7.80. The van der Waals surface area contributed by atoms with Crippen molar-refractivity contribution >= 4 is 23.0 Å². The first-order valence-electron chi connectivity index (χ1n) is 5.69. The molecule has 3 nitrogen and oxygen atoms in total. The van der Waals surface area contributed by atoms with E-state index < -0.39 is 0 Å². The molecule has 0 aromatic heterocycles. The number of rotatable bonds is 3. The highest BCUT2D eigenvalue weighted by Crippen LogP contribution is 2.09. The van der Waals surface area contributed by atoms with Crippen LogP contribution in [0.1, 0.15) is 5.56 Å². The second-order valence-electron chi connectivity index (χ2n) is 3.85. The number of para-hydroxylation sites is 1. The zero-order valence-electron chi connectivity index (χ0n) is 9.91. The van der Waals surface area contributed by atoms with Crippen LogP contribution >= 0.6 is 12.2 Å². The zero-order chi connectivity index (χ0) is 12.8. The van der Waals surface area contributed by atoms with E-state index in [1.807, 2.05) is 60.7 Å². The van der Waals surface area contributed by atoms with Gasteiger partial charge in [-0.1, -0.05) is 48.5 Å². The van der Waals surface area contributed by atoms with Crippen LogP contribution in [0.25, 0.3) is 0 Å². The Morgan fingerprint density at radius 1 is 1.00 bits per heavy atom. The number of hydrazine groups is 1. The quantitative estimate of drug-likeness (QED) is 0.503. The largest absolute Gasteiger partial charge is 0.357 e. The maximum atomic E-state index is 5.93. The van der Waals surface area contributed by atoms with Crippen LogP contribution in [-0.2, 0) is 6.54 Å². The normalized spacial score (nSPS) is 9.83. The standard InChI is InChI=1S/C14H15N3S/c15-17(13-9-5-2-6-10-13)14(18)16-11-12-7-3-1-4-8-12/h1-10H,11,15H2,(H,16,18). The zero-order valence-corrected chi connectivity index (χ0v) is 10.7. The van der Waals surface area contributed by atoms with Crippen LogP contribution in [0.2, 0.25) is 0 Å². The lowest BCUT2D eigenvalue weighted by atomic mass is 10.2. The Morgan fingerprint density at radius 3 is 2.17 bits per heavy atom. The first-order valence-corrected chi connectivity index (χ1v) is 6.10. The van der Waals surface area contributed by atoms with Crippen LogP contribution in [0.3, 0.4) is 0 Å². The summed E-state index contributed by atoms with van der Waals surface area (Å²) in [5, 5.41) is 5.10. The van der Waals surface area contributed by atoms with Gasteiger partial charge in [0.25, 0.3) is 0 Å². The first-order chi connectivity index (χ1) is 8.77. The molecule has 0 unspecified atom stereocenters. The van der Waals surface area contributed by atoms with Gasteiger partial charge in [-0.3, -0.25) is 5.01 Å². The molecule has 2 aromatic rings. The van der Waals surface area contributed by atoms with Gasteiger partial charge in [-0.05, 0) is 29.9 Å². The third-order valence-corrected chi connectivity index (χ3v) is 2.88. The molecule has 0 aliphatic heterocycles. The van der Waals surface area contributed by atoms with Crippen molar-refractivity contribution in [2.75, 3.05) is 5.01 Å². The minimum absolute atomic E-state index is 0.505. The molecule has 0 aliphatic rings. The summed E-state index contributed by atoms with van der Waals surface area (Å²) in [5.41, 5.74) is 2.03. The average Bonchev–Trinajstić information content (AvgIpc) is 2.46. The van der Waals surface area contributed by atoms with Gasteiger partial charge < -0.3 is 5.32 Å². The van der Waals surface area contributed by atoms with Crippen molar-refractivity contribution in [3.8, 4) is 0 Å². The van der Waals surface area contributed by atoms with E-state index in [1.165, 1.54) is 10.6 Å². The molecule has 0 heterocycles. The second-order valence-corrected chi connectivity index (χ2v) is 4.24. The van der Waals surface area contributed by atoms with Gasteiger partial charge in [-0.15, -0.1) is 0 Å². The minimum Gasteiger partial charge on any atom is -0.357 e. The molecule has 18 heavy (non-hydrogen) atoms. The third kappa shape index (κ3) is 3.29. The Morgan fingerprint density at radius 2 is 1.56 bits per heavy atom. The number of nitrogens with zero attached hydrogens (tertiary/aromatic N) is 1. The number of anilines is 1. The average molecular weight is 257 g/mol. The first kappa shape index (κ1) is 12.5. The molecule has 0 aliphatic carbocycles. The molecule has 0 saturated carbocycles. The predicted molar refractivity (Wildman–Crippen MR) is 79.0 cm³/mol. The van der Waals surface area contributed by atoms with Crippen molar-refractivity contribution in [1.29, 1.82) is 0 Å². The van der Waals surface area contributed by atoms with Crippen LogP contribution in [-0.4, -0.2) is 5.11 Å². The molecule has 0 atom stereocenters. The van der Waals surface area contributed by atoms with Gasteiger partial charge in [0.15, 0.2) is 5.11 Å². The highest BCUT2D eigenvalue weighted by Gasteiger charge is 2.06. The molecular formula is C14H15N3S. The summed E-state index contributed by atoms with van der Waals surface area (Å²) in [5.74, 6) is 5.93. The summed E-state index contributed by atoms with van der Waals surface area (Å²) in [6.07, 6.45) is 0. The second kappa shape index (κ2) is 6.14. The summed E-state index contributed by atoms with van der Waals surface area (Å²) >= 11 is 5.25. The maximum absolute atomic E-state index is 5.93. The van der Waals surface area contributed by atoms with Crippen LogP contribution in [0, 0.1) is 0 Å². The molecule has 0 saturated heterocycles. The van der Waals surface area contributed by atoms with E-state index in [-0.39, 0.29) is 0 Å². The Kier molecular flexibility index (Phi) is 4.28. The third-order valence-electron chi connectivity index (χ3n) is 2.54. The van der Waals surface area contributed by atoms with E-state index in [1.54, 1.807) is 0 Å². The molecule has 92 valence electrons. The van der Waals surface area contributed by atoms with Gasteiger partial charge in [0.05, 0.1) is 5.69 Å². The van der Waals surface area contributed by atoms with Crippen molar-refractivity contribution < 1.29 is 0 Å². The van der Waals surface area contributed by atoms with Crippen molar-refractivity contribution in [2.45, 2.75) is 6.54 Å². The van der Waals surface area contributed by atoms with Crippen molar-refractivity contribution in [3.05, 3.63) is 66.2 Å². The van der Waals surface area contributed by atoms with Gasteiger partial charge in [0.2, 0.25) is 0 Å². The Bertz CT molecular complexity index is 499. The minimum atomic E-state index is 0.505. The van der Waals surface area contributed by atoms with E-state index in [2.05, 4.69) is 5.32 Å². The molecule has 2 aromatic carbocycles. The highest BCUT2D eigenvalue weighted by atomic mass is 32.1. The summed E-state index contributed by atoms with van der Waals surface area (Å²) in [4.78, 5) is 0. The lowest BCUT2D eigenvalue weighted by Crippen LogP contribution is -2.44. The van der Waals surface area contributed by atoms with Gasteiger partial charge >= 0.3 is 0 Å². The summed E-state index contributed by atoms with van der Waals surface area (Å²) in [7, 11) is 0. The molecule has 0 spiro atoms. The molecule has 0 fully saturated rings. The van der Waals surface area contributed by atoms with Crippen molar-refractivity contribution in [1.82, 2.24) is 5.32 Å². The van der Waals surface area contributed by atoms with Gasteiger partial charge in [-0.25, -0.2) is 5.84 Å². The molecule has 0 bridgehead atoms. The number of hydrogen-bond donors (Lipinski definition) is 2.